The second-order valence-corrected chi connectivity index (χ2v) is 4.78. The first-order valence-corrected chi connectivity index (χ1v) is 6.60. The zero-order valence-electron chi connectivity index (χ0n) is 24.1. The lowest BCUT2D eigenvalue weighted by molar-refractivity contribution is -0.133. The fraction of sp³-hybridized carbons (Fsp3) is 0.600. The number of aryl methyl sites for hydroxylation is 3. The summed E-state index contributed by atoms with van der Waals surface area (Å²) < 4.78 is 88.4. The molecule has 0 aliphatic rings. The van der Waals surface area contributed by atoms with Crippen LogP contribution < -0.4 is 11.2 Å². The van der Waals surface area contributed by atoms with E-state index in [0.717, 1.165) is 14.1 Å². The second kappa shape index (κ2) is 7.00. The molecule has 0 aliphatic heterocycles. The minimum Gasteiger partial charge on any atom is -0.376 e. The number of carbonyl (C=O) groups excluding carboxylic acids is 1. The zero-order valence-corrected chi connectivity index (χ0v) is 13.1. The van der Waals surface area contributed by atoms with Crippen molar-refractivity contribution in [3.8, 4) is 0 Å². The maximum Gasteiger partial charge on any atom is 0.332 e. The highest BCUT2D eigenvalue weighted by Crippen LogP contribution is 2.08. The predicted octanol–water partition coefficient (Wildman–Crippen LogP) is -0.679. The van der Waals surface area contributed by atoms with E-state index < -0.39 is 67.6 Å². The molecule has 0 bridgehead atoms. The van der Waals surface area contributed by atoms with Crippen LogP contribution >= 0.6 is 0 Å². The summed E-state index contributed by atoms with van der Waals surface area (Å²) in [6.07, 6.45) is -11.9. The number of aromatic nitrogens is 4. The summed E-state index contributed by atoms with van der Waals surface area (Å²) in [5.41, 5.74) is -4.46. The van der Waals surface area contributed by atoms with Crippen molar-refractivity contribution in [2.75, 3.05) is 13.8 Å². The van der Waals surface area contributed by atoms with Gasteiger partial charge in [-0.2, -0.15) is 0 Å². The average Bonchev–Trinajstić information content (AvgIpc) is 3.08. The van der Waals surface area contributed by atoms with Crippen LogP contribution in [-0.4, -0.2) is 48.4 Å². The first-order valence-electron chi connectivity index (χ1n) is 12.1. The minimum absolute atomic E-state index is 0.252. The van der Waals surface area contributed by atoms with Crippen LogP contribution in [0.5, 0.6) is 0 Å². The number of imidazole rings is 1. The summed E-state index contributed by atoms with van der Waals surface area (Å²) in [7, 11) is 1.88. The first-order chi connectivity index (χ1) is 15.5. The van der Waals surface area contributed by atoms with Crippen LogP contribution in [0.25, 0.3) is 11.2 Å². The standard InChI is InChI=1S/C15H23N5O4/c1-10-16-13-12(18(10)3)14(23)20(15(24)19(13)4)8-6-5-7-11(22)17(2)9-21/h21H,5-9H2,1-4H3/i3D3,5D2,6D2,7D2,8D2. The van der Waals surface area contributed by atoms with E-state index in [1.54, 1.807) is 0 Å². The first kappa shape index (κ1) is 8.11. The van der Waals surface area contributed by atoms with Crippen LogP contribution in [0.4, 0.5) is 0 Å². The lowest BCUT2D eigenvalue weighted by Gasteiger charge is -2.13. The van der Waals surface area contributed by atoms with E-state index >= 15 is 0 Å². The van der Waals surface area contributed by atoms with Gasteiger partial charge >= 0.3 is 5.69 Å². The van der Waals surface area contributed by atoms with E-state index in [1.807, 2.05) is 0 Å². The molecule has 0 spiro atoms. The lowest BCUT2D eigenvalue weighted by Crippen LogP contribution is -2.39. The number of aliphatic hydroxyl groups excluding tert-OH is 1. The van der Waals surface area contributed by atoms with Crippen molar-refractivity contribution in [3.05, 3.63) is 26.7 Å². The Morgan fingerprint density at radius 1 is 1.38 bits per heavy atom. The topological polar surface area (TPSA) is 102 Å². The maximum atomic E-state index is 13.2. The largest absolute Gasteiger partial charge is 0.376 e. The molecular formula is C15H23N5O4. The molecule has 0 radical (unpaired) electrons. The monoisotopic (exact) mass is 348 g/mol. The van der Waals surface area contributed by atoms with Crippen molar-refractivity contribution in [1.82, 2.24) is 23.6 Å². The van der Waals surface area contributed by atoms with Crippen LogP contribution in [0.3, 0.4) is 0 Å². The highest BCUT2D eigenvalue weighted by atomic mass is 16.3. The summed E-state index contributed by atoms with van der Waals surface area (Å²) in [6, 6.07) is 0. The Labute approximate surface area is 154 Å². The van der Waals surface area contributed by atoms with Crippen molar-refractivity contribution in [1.29, 1.82) is 0 Å². The molecule has 0 saturated carbocycles. The van der Waals surface area contributed by atoms with E-state index in [-0.39, 0.29) is 10.4 Å². The van der Waals surface area contributed by atoms with Crippen LogP contribution in [0.1, 0.15) is 40.0 Å². The normalized spacial score (nSPS) is 20.9. The number of fused-ring (bicyclic) bond motifs is 1. The van der Waals surface area contributed by atoms with E-state index in [0.29, 0.717) is 14.0 Å². The molecule has 0 aromatic carbocycles. The molecule has 0 saturated heterocycles. The molecule has 0 atom stereocenters. The van der Waals surface area contributed by atoms with Gasteiger partial charge in [0.1, 0.15) is 12.6 Å². The average molecular weight is 348 g/mol. The quantitative estimate of drug-likeness (QED) is 0.697. The Kier molecular flexibility index (Phi) is 2.36. The molecule has 2 heterocycles. The van der Waals surface area contributed by atoms with E-state index in [1.165, 1.54) is 6.92 Å². The van der Waals surface area contributed by atoms with Crippen molar-refractivity contribution < 1.29 is 25.0 Å². The fourth-order valence-electron chi connectivity index (χ4n) is 1.80. The molecule has 9 nitrogen and oxygen atoms in total. The number of nitrogens with zero attached hydrogens (tertiary/aromatic N) is 5. The van der Waals surface area contributed by atoms with E-state index in [2.05, 4.69) is 4.98 Å². The Morgan fingerprint density at radius 3 is 2.71 bits per heavy atom. The van der Waals surface area contributed by atoms with Gasteiger partial charge in [0, 0.05) is 46.3 Å². The highest BCUT2D eigenvalue weighted by Gasteiger charge is 2.16. The fourth-order valence-corrected chi connectivity index (χ4v) is 1.80. The third kappa shape index (κ3) is 3.12. The van der Waals surface area contributed by atoms with Crippen molar-refractivity contribution in [3.63, 3.8) is 0 Å². The van der Waals surface area contributed by atoms with Gasteiger partial charge in [-0.15, -0.1) is 0 Å². The molecule has 1 amide bonds. The van der Waals surface area contributed by atoms with Gasteiger partial charge in [0.25, 0.3) is 5.56 Å². The Balaban J connectivity index is 2.96. The van der Waals surface area contributed by atoms with Gasteiger partial charge in [-0.25, -0.2) is 9.78 Å². The number of carbonyl (C=O) groups is 1. The highest BCUT2D eigenvalue weighted by molar-refractivity contribution is 5.75. The SMILES string of the molecule is [2H]C([2H])([2H])n1c(C)nc2c1c(=O)n(C([2H])([2H])C([2H])([2H])C([2H])([2H])C([2H])([2H])C(=O)N(C)CO)c(=O)n2C. The van der Waals surface area contributed by atoms with Gasteiger partial charge in [-0.05, 0) is 19.7 Å². The van der Waals surface area contributed by atoms with E-state index in [9.17, 15) is 14.4 Å². The molecule has 0 aliphatic carbocycles. The maximum absolute atomic E-state index is 13.2. The summed E-state index contributed by atoms with van der Waals surface area (Å²) in [5, 5.41) is 9.08. The van der Waals surface area contributed by atoms with Gasteiger partial charge in [0.2, 0.25) is 5.91 Å². The smallest absolute Gasteiger partial charge is 0.332 e. The zero-order chi connectivity index (χ0) is 27.7. The summed E-state index contributed by atoms with van der Waals surface area (Å²) in [5.74, 6) is -1.99. The van der Waals surface area contributed by atoms with Crippen molar-refractivity contribution in [2.24, 2.45) is 14.0 Å². The van der Waals surface area contributed by atoms with Gasteiger partial charge in [-0.1, -0.05) is 0 Å². The molecule has 24 heavy (non-hydrogen) atoms. The molecule has 2 rings (SSSR count). The molecule has 2 aromatic rings. The molecule has 9 heteroatoms. The Bertz CT molecular complexity index is 1290. The second-order valence-electron chi connectivity index (χ2n) is 4.78. The molecule has 0 fully saturated rings. The van der Waals surface area contributed by atoms with E-state index in [4.69, 9.17) is 20.2 Å². The molecule has 2 aromatic heterocycles. The number of aliphatic hydroxyl groups is 1. The summed E-state index contributed by atoms with van der Waals surface area (Å²) >= 11 is 0. The minimum atomic E-state index is -4.10. The third-order valence-electron chi connectivity index (χ3n) is 3.19. The summed E-state index contributed by atoms with van der Waals surface area (Å²) in [6.45, 7) is -6.86. The number of amides is 1. The lowest BCUT2D eigenvalue weighted by atomic mass is 10.2. The van der Waals surface area contributed by atoms with Crippen molar-refractivity contribution in [2.45, 2.75) is 32.5 Å². The van der Waals surface area contributed by atoms with Crippen LogP contribution in [0.15, 0.2) is 9.59 Å². The number of hydrogen-bond donors (Lipinski definition) is 1. The van der Waals surface area contributed by atoms with Crippen LogP contribution in [-0.2, 0) is 25.3 Å². The predicted molar refractivity (Wildman–Crippen MR) is 88.7 cm³/mol. The van der Waals surface area contributed by atoms with Crippen molar-refractivity contribution >= 4 is 17.1 Å². The Hall–Kier alpha value is -2.42. The summed E-state index contributed by atoms with van der Waals surface area (Å²) in [4.78, 5) is 42.7. The number of rotatable bonds is 6. The van der Waals surface area contributed by atoms with Crippen LogP contribution in [0, 0.1) is 6.92 Å². The molecule has 1 N–H and O–H groups in total. The Morgan fingerprint density at radius 2 is 2.08 bits per heavy atom. The molecule has 0 unspecified atom stereocenters. The van der Waals surface area contributed by atoms with Crippen LogP contribution in [0.2, 0.25) is 0 Å². The molecule has 132 valence electrons. The van der Waals surface area contributed by atoms with Gasteiger partial charge in [0.15, 0.2) is 11.2 Å². The van der Waals surface area contributed by atoms with Gasteiger partial charge < -0.3 is 14.6 Å². The number of hydrogen-bond acceptors (Lipinski definition) is 5. The van der Waals surface area contributed by atoms with Gasteiger partial charge in [0.05, 0.1) is 2.74 Å². The third-order valence-corrected chi connectivity index (χ3v) is 3.19. The van der Waals surface area contributed by atoms with Gasteiger partial charge in [-0.3, -0.25) is 18.7 Å². The molecular weight excluding hydrogens is 314 g/mol.